The highest BCUT2D eigenvalue weighted by Gasteiger charge is 2.21. The minimum atomic E-state index is -3.68. The average molecular weight is 310 g/mol. The van der Waals surface area contributed by atoms with Gasteiger partial charge >= 0.3 is 0 Å². The third-order valence-electron chi connectivity index (χ3n) is 3.23. The van der Waals surface area contributed by atoms with E-state index < -0.39 is 10.0 Å². The summed E-state index contributed by atoms with van der Waals surface area (Å²) in [6.45, 7) is 5.47. The highest BCUT2D eigenvalue weighted by Crippen LogP contribution is 2.25. The van der Waals surface area contributed by atoms with E-state index in [1.807, 2.05) is 6.92 Å². The van der Waals surface area contributed by atoms with E-state index in [0.29, 0.717) is 17.2 Å². The molecule has 0 saturated carbocycles. The molecular weight excluding hydrogens is 292 g/mol. The Morgan fingerprint density at radius 3 is 2.57 bits per heavy atom. The lowest BCUT2D eigenvalue weighted by Crippen LogP contribution is -2.24. The van der Waals surface area contributed by atoms with Gasteiger partial charge in [-0.25, -0.2) is 13.1 Å². The molecule has 0 unspecified atom stereocenters. The van der Waals surface area contributed by atoms with Crippen LogP contribution in [0.1, 0.15) is 22.6 Å². The fourth-order valence-corrected chi connectivity index (χ4v) is 3.24. The molecular formula is C14H18N2O4S. The normalized spacial score (nSPS) is 11.6. The summed E-state index contributed by atoms with van der Waals surface area (Å²) in [5, 5.41) is 3.80. The van der Waals surface area contributed by atoms with E-state index in [2.05, 4.69) is 9.88 Å². The van der Waals surface area contributed by atoms with Gasteiger partial charge in [0.2, 0.25) is 10.0 Å². The first-order valence-electron chi connectivity index (χ1n) is 6.41. The van der Waals surface area contributed by atoms with E-state index in [1.165, 1.54) is 7.11 Å². The maximum atomic E-state index is 12.4. The summed E-state index contributed by atoms with van der Waals surface area (Å²) in [4.78, 5) is 0.122. The van der Waals surface area contributed by atoms with Crippen LogP contribution in [-0.2, 0) is 16.6 Å². The standard InChI is InChI=1S/C14H18N2O4S/c1-9-5-6-13(19-4)14(7-9)21(17,18)15-8-12-10(2)16-20-11(12)3/h5-7,15H,8H2,1-4H3. The topological polar surface area (TPSA) is 81.4 Å². The van der Waals surface area contributed by atoms with Gasteiger partial charge in [0.25, 0.3) is 0 Å². The van der Waals surface area contributed by atoms with E-state index >= 15 is 0 Å². The van der Waals surface area contributed by atoms with Crippen molar-refractivity contribution in [2.45, 2.75) is 32.2 Å². The molecule has 0 aliphatic carbocycles. The predicted molar refractivity (Wildman–Crippen MR) is 77.7 cm³/mol. The zero-order chi connectivity index (χ0) is 15.6. The smallest absolute Gasteiger partial charge is 0.244 e. The average Bonchev–Trinajstić information content (AvgIpc) is 2.76. The van der Waals surface area contributed by atoms with Crippen LogP contribution in [0.5, 0.6) is 5.75 Å². The van der Waals surface area contributed by atoms with Crippen molar-refractivity contribution >= 4 is 10.0 Å². The number of nitrogens with zero attached hydrogens (tertiary/aromatic N) is 1. The van der Waals surface area contributed by atoms with Gasteiger partial charge in [-0.15, -0.1) is 0 Å². The van der Waals surface area contributed by atoms with Gasteiger partial charge in [0.05, 0.1) is 12.8 Å². The summed E-state index contributed by atoms with van der Waals surface area (Å²) in [5.41, 5.74) is 2.25. The number of methoxy groups -OCH3 is 1. The molecule has 1 aromatic carbocycles. The number of benzene rings is 1. The number of nitrogens with one attached hydrogen (secondary N) is 1. The Hall–Kier alpha value is -1.86. The van der Waals surface area contributed by atoms with Crippen LogP contribution in [0.25, 0.3) is 0 Å². The van der Waals surface area contributed by atoms with Crippen molar-refractivity contribution in [3.8, 4) is 5.75 Å². The number of hydrogen-bond acceptors (Lipinski definition) is 5. The van der Waals surface area contributed by atoms with Gasteiger partial charge in [0, 0.05) is 12.1 Å². The van der Waals surface area contributed by atoms with Crippen LogP contribution in [0.15, 0.2) is 27.6 Å². The molecule has 0 spiro atoms. The van der Waals surface area contributed by atoms with Gasteiger partial charge in [-0.3, -0.25) is 0 Å². The maximum Gasteiger partial charge on any atom is 0.244 e. The third kappa shape index (κ3) is 3.25. The molecule has 0 aliphatic rings. The molecule has 0 radical (unpaired) electrons. The molecule has 1 aromatic heterocycles. The summed E-state index contributed by atoms with van der Waals surface area (Å²) in [6.07, 6.45) is 0. The summed E-state index contributed by atoms with van der Waals surface area (Å²) in [5.74, 6) is 0.915. The van der Waals surface area contributed by atoms with E-state index in [4.69, 9.17) is 9.26 Å². The molecule has 0 bridgehead atoms. The van der Waals surface area contributed by atoms with Crippen LogP contribution in [-0.4, -0.2) is 20.7 Å². The van der Waals surface area contributed by atoms with Crippen LogP contribution in [0.2, 0.25) is 0 Å². The fourth-order valence-electron chi connectivity index (χ4n) is 1.99. The van der Waals surface area contributed by atoms with E-state index in [-0.39, 0.29) is 11.4 Å². The highest BCUT2D eigenvalue weighted by atomic mass is 32.2. The van der Waals surface area contributed by atoms with E-state index in [0.717, 1.165) is 11.1 Å². The second kappa shape index (κ2) is 5.87. The molecule has 0 amide bonds. The Labute approximate surface area is 124 Å². The fraction of sp³-hybridized carbons (Fsp3) is 0.357. The van der Waals surface area contributed by atoms with Crippen LogP contribution < -0.4 is 9.46 Å². The van der Waals surface area contributed by atoms with Crippen molar-refractivity contribution in [1.29, 1.82) is 0 Å². The number of aryl methyl sites for hydroxylation is 3. The van der Waals surface area contributed by atoms with Crippen molar-refractivity contribution in [2.24, 2.45) is 0 Å². The Morgan fingerprint density at radius 2 is 2.00 bits per heavy atom. The number of rotatable bonds is 5. The molecule has 1 heterocycles. The first-order valence-corrected chi connectivity index (χ1v) is 7.89. The molecule has 1 N–H and O–H groups in total. The summed E-state index contributed by atoms with van der Waals surface area (Å²) in [7, 11) is -2.24. The number of aromatic nitrogens is 1. The van der Waals surface area contributed by atoms with Gasteiger partial charge in [-0.05, 0) is 38.5 Å². The molecule has 7 heteroatoms. The van der Waals surface area contributed by atoms with Crippen LogP contribution in [0.3, 0.4) is 0 Å². The van der Waals surface area contributed by atoms with Crippen molar-refractivity contribution in [2.75, 3.05) is 7.11 Å². The first kappa shape index (κ1) is 15.5. The lowest BCUT2D eigenvalue weighted by Gasteiger charge is -2.11. The van der Waals surface area contributed by atoms with E-state index in [9.17, 15) is 8.42 Å². The summed E-state index contributed by atoms with van der Waals surface area (Å²) in [6, 6.07) is 5.01. The minimum Gasteiger partial charge on any atom is -0.495 e. The van der Waals surface area contributed by atoms with Crippen molar-refractivity contribution in [3.05, 3.63) is 40.8 Å². The highest BCUT2D eigenvalue weighted by molar-refractivity contribution is 7.89. The molecule has 0 aliphatic heterocycles. The molecule has 114 valence electrons. The monoisotopic (exact) mass is 310 g/mol. The van der Waals surface area contributed by atoms with Gasteiger partial charge in [-0.1, -0.05) is 11.2 Å². The SMILES string of the molecule is COc1ccc(C)cc1S(=O)(=O)NCc1c(C)noc1C. The van der Waals surface area contributed by atoms with Gasteiger partial charge in [0.15, 0.2) is 0 Å². The maximum absolute atomic E-state index is 12.4. The lowest BCUT2D eigenvalue weighted by atomic mass is 10.2. The zero-order valence-corrected chi connectivity index (χ0v) is 13.2. The zero-order valence-electron chi connectivity index (χ0n) is 12.4. The van der Waals surface area contributed by atoms with Crippen LogP contribution >= 0.6 is 0 Å². The van der Waals surface area contributed by atoms with Gasteiger partial charge in [-0.2, -0.15) is 0 Å². The Balaban J connectivity index is 2.29. The molecule has 2 rings (SSSR count). The second-order valence-electron chi connectivity index (χ2n) is 4.78. The van der Waals surface area contributed by atoms with Crippen molar-refractivity contribution in [3.63, 3.8) is 0 Å². The lowest BCUT2D eigenvalue weighted by molar-refractivity contribution is 0.392. The van der Waals surface area contributed by atoms with Gasteiger partial charge in [0.1, 0.15) is 16.4 Å². The van der Waals surface area contributed by atoms with Crippen molar-refractivity contribution < 1.29 is 17.7 Å². The quantitative estimate of drug-likeness (QED) is 0.914. The number of sulfonamides is 1. The number of ether oxygens (including phenoxy) is 1. The van der Waals surface area contributed by atoms with E-state index in [1.54, 1.807) is 32.0 Å². The largest absolute Gasteiger partial charge is 0.495 e. The molecule has 21 heavy (non-hydrogen) atoms. The summed E-state index contributed by atoms with van der Waals surface area (Å²) >= 11 is 0. The third-order valence-corrected chi connectivity index (χ3v) is 4.65. The second-order valence-corrected chi connectivity index (χ2v) is 6.52. The molecule has 0 saturated heterocycles. The Kier molecular flexibility index (Phi) is 4.34. The van der Waals surface area contributed by atoms with Crippen molar-refractivity contribution in [1.82, 2.24) is 9.88 Å². The molecule has 0 atom stereocenters. The minimum absolute atomic E-state index is 0.122. The molecule has 6 nitrogen and oxygen atoms in total. The predicted octanol–water partition coefficient (Wildman–Crippen LogP) is 2.09. The van der Waals surface area contributed by atoms with Crippen LogP contribution in [0, 0.1) is 20.8 Å². The van der Waals surface area contributed by atoms with Gasteiger partial charge < -0.3 is 9.26 Å². The first-order chi connectivity index (χ1) is 9.85. The molecule has 0 fully saturated rings. The summed E-state index contributed by atoms with van der Waals surface area (Å²) < 4.78 is 37.6. The Morgan fingerprint density at radius 1 is 1.29 bits per heavy atom. The number of hydrogen-bond donors (Lipinski definition) is 1. The van der Waals surface area contributed by atoms with Crippen LogP contribution in [0.4, 0.5) is 0 Å². The molecule has 2 aromatic rings. The Bertz CT molecular complexity index is 731.